The topological polar surface area (TPSA) is 186 Å². The van der Waals surface area contributed by atoms with Gasteiger partial charge in [0.2, 0.25) is 0 Å². The number of rotatable bonds is 9. The van der Waals surface area contributed by atoms with Crippen LogP contribution in [0.4, 0.5) is 5.69 Å². The van der Waals surface area contributed by atoms with Crippen molar-refractivity contribution in [3.8, 4) is 5.75 Å². The highest BCUT2D eigenvalue weighted by molar-refractivity contribution is 7.19. The maximum Gasteiger partial charge on any atom is 0.343 e. The summed E-state index contributed by atoms with van der Waals surface area (Å²) >= 11 is 1.23. The lowest BCUT2D eigenvalue weighted by atomic mass is 10.0. The van der Waals surface area contributed by atoms with Gasteiger partial charge in [-0.2, -0.15) is 0 Å². The first-order valence-electron chi connectivity index (χ1n) is 12.9. The van der Waals surface area contributed by atoms with Crippen LogP contribution in [0.5, 0.6) is 5.75 Å². The summed E-state index contributed by atoms with van der Waals surface area (Å²) in [5.41, 5.74) is 7.11. The number of nitrogens with one attached hydrogen (secondary N) is 2. The Hall–Kier alpha value is -5.30. The van der Waals surface area contributed by atoms with Gasteiger partial charge in [-0.25, -0.2) is 4.79 Å². The standard InChI is InChI=1S/C31H26N4O7S/c32-31(33)34-21-7-5-18(6-8-21)30(41)42-22-9-10-23-19(13-22)2-1-3-24(23)28(38)35(16-27(36)37)15-17-4-11-25-20(12-17)14-26(43-25)29(39)40/h1-14,29,39-40H,15-16H2,(H,36,37)(H4,32,33,34). The molecule has 0 saturated heterocycles. The zero-order valence-electron chi connectivity index (χ0n) is 22.5. The first-order chi connectivity index (χ1) is 20.6. The summed E-state index contributed by atoms with van der Waals surface area (Å²) in [6.45, 7) is -0.519. The van der Waals surface area contributed by atoms with Crippen LogP contribution in [0.2, 0.25) is 0 Å². The fourth-order valence-electron chi connectivity index (χ4n) is 4.62. The molecule has 0 bridgehead atoms. The van der Waals surface area contributed by atoms with E-state index in [1.165, 1.54) is 28.4 Å². The van der Waals surface area contributed by atoms with Gasteiger partial charge in [0.25, 0.3) is 5.91 Å². The molecule has 12 heteroatoms. The van der Waals surface area contributed by atoms with E-state index in [1.54, 1.807) is 72.8 Å². The van der Waals surface area contributed by atoms with Crippen molar-refractivity contribution in [2.24, 2.45) is 5.73 Å². The molecule has 1 amide bonds. The number of ether oxygens (including phenoxy) is 1. The number of anilines is 1. The Labute approximate surface area is 248 Å². The van der Waals surface area contributed by atoms with Gasteiger partial charge in [-0.05, 0) is 88.5 Å². The molecule has 0 radical (unpaired) electrons. The van der Waals surface area contributed by atoms with Crippen LogP contribution in [-0.2, 0) is 11.3 Å². The van der Waals surface area contributed by atoms with Crippen molar-refractivity contribution in [3.05, 3.63) is 106 Å². The molecular weight excluding hydrogens is 572 g/mol. The molecule has 1 aromatic heterocycles. The number of amides is 1. The number of aliphatic hydroxyl groups is 2. The molecule has 7 N–H and O–H groups in total. The Balaban J connectivity index is 1.37. The van der Waals surface area contributed by atoms with E-state index >= 15 is 0 Å². The predicted octanol–water partition coefficient (Wildman–Crippen LogP) is 4.29. The second-order valence-electron chi connectivity index (χ2n) is 9.64. The molecule has 0 atom stereocenters. The van der Waals surface area contributed by atoms with E-state index in [9.17, 15) is 29.7 Å². The Bertz CT molecular complexity index is 1870. The number of carboxylic acids is 1. The maximum absolute atomic E-state index is 13.7. The Morgan fingerprint density at radius 3 is 2.42 bits per heavy atom. The van der Waals surface area contributed by atoms with Crippen molar-refractivity contribution in [2.45, 2.75) is 12.8 Å². The highest BCUT2D eigenvalue weighted by Crippen LogP contribution is 2.31. The van der Waals surface area contributed by atoms with Gasteiger partial charge in [0.05, 0.1) is 10.4 Å². The average molecular weight is 599 g/mol. The number of aliphatic hydroxyl groups excluding tert-OH is 1. The van der Waals surface area contributed by atoms with Gasteiger partial charge in [-0.3, -0.25) is 15.0 Å². The van der Waals surface area contributed by atoms with Crippen LogP contribution in [0, 0.1) is 5.41 Å². The van der Waals surface area contributed by atoms with Crippen molar-refractivity contribution < 1.29 is 34.4 Å². The number of nitrogens with two attached hydrogens (primary N) is 1. The molecule has 43 heavy (non-hydrogen) atoms. The monoisotopic (exact) mass is 598 g/mol. The largest absolute Gasteiger partial charge is 0.480 e. The number of aliphatic carboxylic acids is 1. The molecular formula is C31H26N4O7S. The molecule has 0 fully saturated rings. The minimum Gasteiger partial charge on any atom is -0.480 e. The highest BCUT2D eigenvalue weighted by Gasteiger charge is 2.22. The number of hydrogen-bond donors (Lipinski definition) is 6. The quantitative estimate of drug-likeness (QED) is 0.0473. The van der Waals surface area contributed by atoms with E-state index in [0.29, 0.717) is 26.9 Å². The normalized spacial score (nSPS) is 11.0. The summed E-state index contributed by atoms with van der Waals surface area (Å²) in [4.78, 5) is 39.7. The molecule has 1 heterocycles. The van der Waals surface area contributed by atoms with Crippen LogP contribution >= 0.6 is 11.3 Å². The summed E-state index contributed by atoms with van der Waals surface area (Å²) in [5, 5.41) is 40.3. The van der Waals surface area contributed by atoms with Gasteiger partial charge in [0, 0.05) is 22.5 Å². The molecule has 5 aromatic rings. The van der Waals surface area contributed by atoms with Gasteiger partial charge in [-0.1, -0.05) is 18.2 Å². The van der Waals surface area contributed by atoms with Crippen molar-refractivity contribution in [1.82, 2.24) is 4.90 Å². The third kappa shape index (κ3) is 6.79. The van der Waals surface area contributed by atoms with Gasteiger partial charge in [0.1, 0.15) is 12.3 Å². The van der Waals surface area contributed by atoms with Gasteiger partial charge < -0.3 is 36.0 Å². The van der Waals surface area contributed by atoms with Crippen LogP contribution < -0.4 is 15.8 Å². The smallest absolute Gasteiger partial charge is 0.343 e. The lowest BCUT2D eigenvalue weighted by Crippen LogP contribution is -2.35. The number of carboxylic acid groups (broad SMARTS) is 1. The fourth-order valence-corrected chi connectivity index (χ4v) is 5.53. The zero-order valence-corrected chi connectivity index (χ0v) is 23.3. The molecule has 0 spiro atoms. The Morgan fingerprint density at radius 1 is 0.953 bits per heavy atom. The lowest BCUT2D eigenvalue weighted by molar-refractivity contribution is -0.137. The molecule has 5 rings (SSSR count). The molecule has 0 unspecified atom stereocenters. The summed E-state index contributed by atoms with van der Waals surface area (Å²) in [6.07, 6.45) is -1.59. The Kier molecular flexibility index (Phi) is 8.34. The molecule has 0 saturated carbocycles. The first-order valence-corrected chi connectivity index (χ1v) is 13.7. The highest BCUT2D eigenvalue weighted by atomic mass is 32.1. The van der Waals surface area contributed by atoms with Crippen LogP contribution in [0.15, 0.2) is 84.9 Å². The van der Waals surface area contributed by atoms with Crippen molar-refractivity contribution in [1.29, 1.82) is 5.41 Å². The zero-order chi connectivity index (χ0) is 30.7. The summed E-state index contributed by atoms with van der Waals surface area (Å²) < 4.78 is 6.36. The van der Waals surface area contributed by atoms with Crippen LogP contribution in [0.25, 0.3) is 20.9 Å². The number of esters is 1. The summed E-state index contributed by atoms with van der Waals surface area (Å²) in [5.74, 6) is -2.23. The minimum atomic E-state index is -1.59. The lowest BCUT2D eigenvalue weighted by Gasteiger charge is -2.22. The van der Waals surface area contributed by atoms with Crippen LogP contribution in [0.1, 0.15) is 37.4 Å². The molecule has 4 aromatic carbocycles. The molecule has 11 nitrogen and oxygen atoms in total. The molecule has 0 aliphatic rings. The first kappa shape index (κ1) is 29.2. The number of thiophene rings is 1. The summed E-state index contributed by atoms with van der Waals surface area (Å²) in [7, 11) is 0. The third-order valence-electron chi connectivity index (χ3n) is 6.53. The van der Waals surface area contributed by atoms with E-state index in [1.807, 2.05) is 0 Å². The third-order valence-corrected chi connectivity index (χ3v) is 7.69. The molecule has 0 aliphatic heterocycles. The fraction of sp³-hybridized carbons (Fsp3) is 0.0968. The van der Waals surface area contributed by atoms with Crippen LogP contribution in [-0.4, -0.2) is 50.6 Å². The van der Waals surface area contributed by atoms with E-state index in [0.717, 1.165) is 10.1 Å². The predicted molar refractivity (Wildman–Crippen MR) is 162 cm³/mol. The van der Waals surface area contributed by atoms with E-state index < -0.39 is 30.7 Å². The number of fused-ring (bicyclic) bond motifs is 2. The van der Waals surface area contributed by atoms with Gasteiger partial charge >= 0.3 is 11.9 Å². The van der Waals surface area contributed by atoms with Crippen molar-refractivity contribution in [2.75, 3.05) is 11.9 Å². The second-order valence-corrected chi connectivity index (χ2v) is 10.8. The number of carbonyl (C=O) groups is 3. The van der Waals surface area contributed by atoms with Gasteiger partial charge in [-0.15, -0.1) is 11.3 Å². The number of guanidine groups is 1. The molecule has 218 valence electrons. The Morgan fingerprint density at radius 2 is 1.72 bits per heavy atom. The van der Waals surface area contributed by atoms with Crippen molar-refractivity contribution >= 4 is 61.7 Å². The molecule has 0 aliphatic carbocycles. The maximum atomic E-state index is 13.7. The number of benzene rings is 4. The average Bonchev–Trinajstić information content (AvgIpc) is 3.40. The minimum absolute atomic E-state index is 0.0146. The van der Waals surface area contributed by atoms with E-state index in [4.69, 9.17) is 15.9 Å². The number of carbonyl (C=O) groups excluding carboxylic acids is 2. The summed E-state index contributed by atoms with van der Waals surface area (Å²) in [6, 6.07) is 23.1. The van der Waals surface area contributed by atoms with Crippen molar-refractivity contribution in [3.63, 3.8) is 0 Å². The second kappa shape index (κ2) is 12.3. The van der Waals surface area contributed by atoms with E-state index in [-0.39, 0.29) is 29.4 Å². The van der Waals surface area contributed by atoms with Gasteiger partial charge in [0.15, 0.2) is 12.2 Å². The SMILES string of the molecule is N=C(N)Nc1ccc(C(=O)Oc2ccc3c(C(=O)N(CC(=O)O)Cc4ccc5sc(C(O)O)cc5c4)cccc3c2)cc1. The number of hydrogen-bond acceptors (Lipinski definition) is 8. The van der Waals surface area contributed by atoms with E-state index in [2.05, 4.69) is 5.32 Å². The number of nitrogens with zero attached hydrogens (tertiary/aromatic N) is 1. The van der Waals surface area contributed by atoms with Crippen LogP contribution in [0.3, 0.4) is 0 Å².